The topological polar surface area (TPSA) is 0 Å². The van der Waals surface area contributed by atoms with Crippen molar-refractivity contribution in [2.24, 2.45) is 0 Å². The molecule has 1 aromatic rings. The van der Waals surface area contributed by atoms with Crippen LogP contribution in [0.25, 0.3) is 0 Å². The normalized spacial score (nSPS) is 17.3. The van der Waals surface area contributed by atoms with E-state index in [-0.39, 0.29) is 0 Å². The second-order valence-electron chi connectivity index (χ2n) is 2.30. The lowest BCUT2D eigenvalue weighted by molar-refractivity contribution is 0.849. The third kappa shape index (κ3) is 0.897. The molecule has 2 radical (unpaired) electrons. The van der Waals surface area contributed by atoms with Crippen molar-refractivity contribution in [3.05, 3.63) is 28.3 Å². The first kappa shape index (κ1) is 5.48. The Morgan fingerprint density at radius 1 is 1.56 bits per heavy atom. The summed E-state index contributed by atoms with van der Waals surface area (Å²) < 4.78 is 0. The number of thiophene rings is 1. The number of aryl methyl sites for hydroxylation is 1. The minimum absolute atomic E-state index is 1.08. The van der Waals surface area contributed by atoms with Crippen LogP contribution in [0.4, 0.5) is 0 Å². The van der Waals surface area contributed by atoms with Crippen molar-refractivity contribution in [2.75, 3.05) is 0 Å². The molecule has 0 saturated heterocycles. The molecular weight excluding hydrogens is 128 g/mol. The largest absolute Gasteiger partial charge is 0.149 e. The van der Waals surface area contributed by atoms with Crippen LogP contribution in [0.15, 0.2) is 11.4 Å². The Hall–Kier alpha value is -0.300. The van der Waals surface area contributed by atoms with Crippen molar-refractivity contribution in [3.63, 3.8) is 0 Å². The fourth-order valence-corrected chi connectivity index (χ4v) is 2.08. The molecule has 0 nitrogen and oxygen atoms in total. The summed E-state index contributed by atoms with van der Waals surface area (Å²) in [6.45, 7) is 0. The molecule has 1 heterocycles. The Bertz CT molecular complexity index is 180. The van der Waals surface area contributed by atoms with Crippen molar-refractivity contribution >= 4 is 11.3 Å². The standard InChI is InChI=1S/C8H8S/c1-2-4-8-7(3-1)5-6-9-8/h5-6H,2-4H2. The summed E-state index contributed by atoms with van der Waals surface area (Å²) >= 11 is 1.89. The smallest absolute Gasteiger partial charge is 0.00776 e. The van der Waals surface area contributed by atoms with Gasteiger partial charge in [-0.25, -0.2) is 0 Å². The van der Waals surface area contributed by atoms with Crippen molar-refractivity contribution in [3.8, 4) is 0 Å². The summed E-state index contributed by atoms with van der Waals surface area (Å²) in [7, 11) is 0. The molecule has 0 fully saturated rings. The molecule has 1 heteroatoms. The average Bonchev–Trinajstić information content (AvgIpc) is 2.33. The van der Waals surface area contributed by atoms with E-state index in [0.29, 0.717) is 0 Å². The van der Waals surface area contributed by atoms with Crippen LogP contribution < -0.4 is 0 Å². The number of hydrogen-bond donors (Lipinski definition) is 0. The first-order valence-corrected chi connectivity index (χ1v) is 4.11. The molecule has 0 unspecified atom stereocenters. The van der Waals surface area contributed by atoms with Crippen molar-refractivity contribution in [2.45, 2.75) is 19.3 Å². The van der Waals surface area contributed by atoms with E-state index in [1.54, 1.807) is 4.88 Å². The maximum atomic E-state index is 3.33. The van der Waals surface area contributed by atoms with E-state index in [2.05, 4.69) is 17.9 Å². The van der Waals surface area contributed by atoms with E-state index in [1.807, 2.05) is 11.3 Å². The van der Waals surface area contributed by atoms with Crippen LogP contribution >= 0.6 is 11.3 Å². The Labute approximate surface area is 59.5 Å². The lowest BCUT2D eigenvalue weighted by Crippen LogP contribution is -1.97. The van der Waals surface area contributed by atoms with Crippen LogP contribution in [0, 0.1) is 6.42 Å². The zero-order valence-electron chi connectivity index (χ0n) is 5.18. The van der Waals surface area contributed by atoms with Crippen LogP contribution in [-0.2, 0) is 12.8 Å². The van der Waals surface area contributed by atoms with Crippen molar-refractivity contribution in [1.29, 1.82) is 0 Å². The third-order valence-electron chi connectivity index (χ3n) is 1.68. The summed E-state index contributed by atoms with van der Waals surface area (Å²) in [5.41, 5.74) is 1.51. The fourth-order valence-electron chi connectivity index (χ4n) is 1.17. The van der Waals surface area contributed by atoms with Gasteiger partial charge < -0.3 is 0 Å². The summed E-state index contributed by atoms with van der Waals surface area (Å²) in [5.74, 6) is 0. The van der Waals surface area contributed by atoms with E-state index >= 15 is 0 Å². The van der Waals surface area contributed by atoms with Gasteiger partial charge in [-0.2, -0.15) is 0 Å². The van der Waals surface area contributed by atoms with Crippen molar-refractivity contribution < 1.29 is 0 Å². The molecule has 1 aliphatic carbocycles. The molecular formula is C8H8S. The fraction of sp³-hybridized carbons (Fsp3) is 0.375. The van der Waals surface area contributed by atoms with Gasteiger partial charge in [0.25, 0.3) is 0 Å². The minimum Gasteiger partial charge on any atom is -0.149 e. The van der Waals surface area contributed by atoms with E-state index in [9.17, 15) is 0 Å². The summed E-state index contributed by atoms with van der Waals surface area (Å²) in [4.78, 5) is 1.58. The van der Waals surface area contributed by atoms with E-state index in [0.717, 1.165) is 12.8 Å². The quantitative estimate of drug-likeness (QED) is 0.513. The third-order valence-corrected chi connectivity index (χ3v) is 2.70. The van der Waals surface area contributed by atoms with Crippen LogP contribution in [0.1, 0.15) is 16.9 Å². The molecule has 0 atom stereocenters. The molecule has 1 aromatic heterocycles. The lowest BCUT2D eigenvalue weighted by atomic mass is 10.00. The Balaban J connectivity index is 2.39. The number of rotatable bonds is 0. The van der Waals surface area contributed by atoms with Gasteiger partial charge in [0.05, 0.1) is 0 Å². The minimum atomic E-state index is 1.08. The average molecular weight is 136 g/mol. The molecule has 46 valence electrons. The first-order chi connectivity index (χ1) is 4.47. The summed E-state index contributed by atoms with van der Waals surface area (Å²) in [6.07, 6.45) is 6.81. The predicted molar refractivity (Wildman–Crippen MR) is 39.6 cm³/mol. The highest BCUT2D eigenvalue weighted by molar-refractivity contribution is 7.10. The zero-order valence-corrected chi connectivity index (χ0v) is 6.00. The van der Waals surface area contributed by atoms with E-state index < -0.39 is 0 Å². The molecule has 1 aliphatic rings. The maximum absolute atomic E-state index is 3.33. The Morgan fingerprint density at radius 3 is 3.44 bits per heavy atom. The molecule has 9 heavy (non-hydrogen) atoms. The van der Waals surface area contributed by atoms with Gasteiger partial charge in [0, 0.05) is 4.88 Å². The molecule has 0 bridgehead atoms. The van der Waals surface area contributed by atoms with Gasteiger partial charge in [-0.3, -0.25) is 0 Å². The van der Waals surface area contributed by atoms with Gasteiger partial charge in [-0.15, -0.1) is 11.3 Å². The summed E-state index contributed by atoms with van der Waals surface area (Å²) in [5, 5.41) is 2.18. The molecule has 2 rings (SSSR count). The van der Waals surface area contributed by atoms with Crippen LogP contribution in [-0.4, -0.2) is 0 Å². The molecule has 0 N–H and O–H groups in total. The highest BCUT2D eigenvalue weighted by Crippen LogP contribution is 2.24. The van der Waals surface area contributed by atoms with Gasteiger partial charge in [0.1, 0.15) is 0 Å². The first-order valence-electron chi connectivity index (χ1n) is 3.23. The van der Waals surface area contributed by atoms with Crippen molar-refractivity contribution in [1.82, 2.24) is 0 Å². The molecule has 0 spiro atoms. The van der Waals surface area contributed by atoms with Gasteiger partial charge in [0.15, 0.2) is 0 Å². The van der Waals surface area contributed by atoms with Gasteiger partial charge in [-0.05, 0) is 42.7 Å². The second kappa shape index (κ2) is 2.14. The van der Waals surface area contributed by atoms with Gasteiger partial charge >= 0.3 is 0 Å². The maximum Gasteiger partial charge on any atom is 0.00776 e. The molecule has 0 saturated carbocycles. The van der Waals surface area contributed by atoms with E-state index in [1.165, 1.54) is 12.0 Å². The SMILES string of the molecule is [C]1CCc2sccc2C1. The second-order valence-corrected chi connectivity index (χ2v) is 3.30. The highest BCUT2D eigenvalue weighted by atomic mass is 32.1. The summed E-state index contributed by atoms with van der Waals surface area (Å²) in [6, 6.07) is 2.21. The van der Waals surface area contributed by atoms with E-state index in [4.69, 9.17) is 0 Å². The van der Waals surface area contributed by atoms with Crippen LogP contribution in [0.3, 0.4) is 0 Å². The molecule has 0 aromatic carbocycles. The van der Waals surface area contributed by atoms with Gasteiger partial charge in [0.2, 0.25) is 0 Å². The van der Waals surface area contributed by atoms with Crippen LogP contribution in [0.5, 0.6) is 0 Å². The lowest BCUT2D eigenvalue weighted by Gasteiger charge is -2.07. The zero-order chi connectivity index (χ0) is 6.10. The highest BCUT2D eigenvalue weighted by Gasteiger charge is 2.08. The number of fused-ring (bicyclic) bond motifs is 1. The molecule has 0 amide bonds. The monoisotopic (exact) mass is 136 g/mol. The number of hydrogen-bond acceptors (Lipinski definition) is 1. The predicted octanol–water partition coefficient (Wildman–Crippen LogP) is 2.32. The van der Waals surface area contributed by atoms with Gasteiger partial charge in [-0.1, -0.05) is 0 Å². The van der Waals surface area contributed by atoms with Crippen LogP contribution in [0.2, 0.25) is 0 Å². The Kier molecular flexibility index (Phi) is 1.31. The Morgan fingerprint density at radius 2 is 2.56 bits per heavy atom. The molecule has 0 aliphatic heterocycles.